The summed E-state index contributed by atoms with van der Waals surface area (Å²) in [4.78, 5) is 39.6. The minimum Gasteiger partial charge on any atom is -0.463 e. The molecule has 0 bridgehead atoms. The van der Waals surface area contributed by atoms with Gasteiger partial charge in [0.25, 0.3) is 11.2 Å². The lowest BCUT2D eigenvalue weighted by Crippen LogP contribution is -2.22. The fourth-order valence-electron chi connectivity index (χ4n) is 2.95. The number of fused-ring (bicyclic) bond motifs is 1. The number of nitrogens with zero attached hydrogens (tertiary/aromatic N) is 5. The number of aromatic nitrogens is 4. The molecule has 0 saturated carbocycles. The van der Waals surface area contributed by atoms with Crippen LogP contribution in [0.15, 0.2) is 58.3 Å². The van der Waals surface area contributed by atoms with Crippen molar-refractivity contribution in [3.05, 3.63) is 80.9 Å². The largest absolute Gasteiger partial charge is 0.463 e. The van der Waals surface area contributed by atoms with E-state index in [-0.39, 0.29) is 34.7 Å². The fourth-order valence-corrected chi connectivity index (χ4v) is 2.95. The van der Waals surface area contributed by atoms with Gasteiger partial charge in [0.1, 0.15) is 17.4 Å². The molecule has 11 heteroatoms. The molecule has 3 aromatic heterocycles. The highest BCUT2D eigenvalue weighted by Crippen LogP contribution is 2.24. The monoisotopic (exact) mass is 395 g/mol. The average Bonchev–Trinajstić information content (AvgIpc) is 3.36. The maximum Gasteiger partial charge on any atom is 0.374 e. The molecule has 1 aromatic carbocycles. The number of nitro groups is 1. The van der Waals surface area contributed by atoms with Crippen LogP contribution in [0.3, 0.4) is 0 Å². The normalized spacial score (nSPS) is 10.9. The van der Waals surface area contributed by atoms with E-state index >= 15 is 0 Å². The summed E-state index contributed by atoms with van der Waals surface area (Å²) in [6, 6.07) is 7.59. The van der Waals surface area contributed by atoms with Crippen molar-refractivity contribution < 1.29 is 18.9 Å². The summed E-state index contributed by atoms with van der Waals surface area (Å²) < 4.78 is 12.3. The van der Waals surface area contributed by atoms with Gasteiger partial charge in [0.05, 0.1) is 31.0 Å². The molecule has 0 spiro atoms. The molecule has 3 heterocycles. The molecule has 0 aliphatic heterocycles. The minimum absolute atomic E-state index is 0.00453. The van der Waals surface area contributed by atoms with Crippen LogP contribution >= 0.6 is 0 Å². The third kappa shape index (κ3) is 3.04. The Morgan fingerprint density at radius 3 is 2.86 bits per heavy atom. The summed E-state index contributed by atoms with van der Waals surface area (Å²) in [5.41, 5.74) is 0.244. The molecule has 29 heavy (non-hydrogen) atoms. The summed E-state index contributed by atoms with van der Waals surface area (Å²) in [6.07, 6.45) is 3.91. The first-order valence-electron chi connectivity index (χ1n) is 8.33. The second-order valence-electron chi connectivity index (χ2n) is 5.98. The van der Waals surface area contributed by atoms with Gasteiger partial charge in [0.2, 0.25) is 5.76 Å². The van der Waals surface area contributed by atoms with Crippen LogP contribution in [0, 0.1) is 10.1 Å². The van der Waals surface area contributed by atoms with Gasteiger partial charge >= 0.3 is 5.97 Å². The van der Waals surface area contributed by atoms with Crippen molar-refractivity contribution in [2.75, 3.05) is 7.11 Å². The van der Waals surface area contributed by atoms with Crippen molar-refractivity contribution in [3.8, 4) is 5.69 Å². The van der Waals surface area contributed by atoms with Crippen LogP contribution in [0.2, 0.25) is 0 Å². The highest BCUT2D eigenvalue weighted by atomic mass is 16.6. The Balaban J connectivity index is 1.78. The number of hydrogen-bond acceptors (Lipinski definition) is 8. The quantitative estimate of drug-likeness (QED) is 0.284. The molecule has 0 N–H and O–H groups in total. The van der Waals surface area contributed by atoms with E-state index in [2.05, 4.69) is 14.8 Å². The average molecular weight is 395 g/mol. The number of methoxy groups -OCH3 is 1. The minimum atomic E-state index is -0.656. The number of esters is 1. The van der Waals surface area contributed by atoms with Crippen LogP contribution in [-0.2, 0) is 11.3 Å². The van der Waals surface area contributed by atoms with Crippen LogP contribution < -0.4 is 5.56 Å². The van der Waals surface area contributed by atoms with Crippen molar-refractivity contribution in [1.82, 2.24) is 19.3 Å². The van der Waals surface area contributed by atoms with E-state index in [1.165, 1.54) is 53.3 Å². The second kappa shape index (κ2) is 7.03. The number of benzene rings is 1. The predicted molar refractivity (Wildman–Crippen MR) is 98.9 cm³/mol. The zero-order chi connectivity index (χ0) is 20.5. The van der Waals surface area contributed by atoms with Crippen LogP contribution in [-0.4, -0.2) is 37.3 Å². The van der Waals surface area contributed by atoms with Gasteiger partial charge in [-0.05, 0) is 12.1 Å². The first-order chi connectivity index (χ1) is 14.0. The summed E-state index contributed by atoms with van der Waals surface area (Å²) in [7, 11) is 1.23. The van der Waals surface area contributed by atoms with E-state index in [9.17, 15) is 19.7 Å². The van der Waals surface area contributed by atoms with Crippen molar-refractivity contribution in [2.45, 2.75) is 6.54 Å². The number of carbonyl (C=O) groups excluding carboxylic acids is 1. The number of hydrogen-bond donors (Lipinski definition) is 0. The summed E-state index contributed by atoms with van der Waals surface area (Å²) >= 11 is 0. The van der Waals surface area contributed by atoms with Crippen molar-refractivity contribution >= 4 is 22.7 Å². The lowest BCUT2D eigenvalue weighted by molar-refractivity contribution is -0.384. The lowest BCUT2D eigenvalue weighted by atomic mass is 10.2. The number of carbonyl (C=O) groups is 1. The summed E-state index contributed by atoms with van der Waals surface area (Å²) in [5, 5.41) is 15.6. The fraction of sp³-hybridized carbons (Fsp3) is 0.111. The van der Waals surface area contributed by atoms with Crippen molar-refractivity contribution in [2.24, 2.45) is 0 Å². The maximum absolute atomic E-state index is 12.9. The van der Waals surface area contributed by atoms with Crippen LogP contribution in [0.5, 0.6) is 0 Å². The Morgan fingerprint density at radius 2 is 2.10 bits per heavy atom. The molecule has 0 atom stereocenters. The zero-order valence-corrected chi connectivity index (χ0v) is 15.0. The van der Waals surface area contributed by atoms with E-state index in [1.807, 2.05) is 0 Å². The van der Waals surface area contributed by atoms with Crippen LogP contribution in [0.4, 0.5) is 5.69 Å². The Kier molecular flexibility index (Phi) is 4.39. The van der Waals surface area contributed by atoms with E-state index < -0.39 is 16.5 Å². The molecular weight excluding hydrogens is 382 g/mol. The standard InChI is InChI=1S/C18H13N5O6/c1-28-18(25)15-11(6-7-29-15)9-21-10-19-16-12(17(21)24)8-20-22(16)13-4-2-3-5-14(13)23(26)27/h2-8,10H,9H2,1H3. The molecule has 11 nitrogen and oxygen atoms in total. The second-order valence-corrected chi connectivity index (χ2v) is 5.98. The Bertz CT molecular complexity index is 1300. The third-order valence-electron chi connectivity index (χ3n) is 4.32. The number of ether oxygens (including phenoxy) is 1. The lowest BCUT2D eigenvalue weighted by Gasteiger charge is -2.06. The maximum atomic E-state index is 12.9. The van der Waals surface area contributed by atoms with Crippen LogP contribution in [0.25, 0.3) is 16.7 Å². The van der Waals surface area contributed by atoms with Crippen LogP contribution in [0.1, 0.15) is 16.1 Å². The van der Waals surface area contributed by atoms with Gasteiger partial charge in [-0.3, -0.25) is 19.5 Å². The molecule has 146 valence electrons. The van der Waals surface area contributed by atoms with E-state index in [4.69, 9.17) is 4.42 Å². The molecule has 4 rings (SSSR count). The highest BCUT2D eigenvalue weighted by molar-refractivity contribution is 5.87. The SMILES string of the molecule is COC(=O)c1occc1Cn1cnc2c(cnn2-c2ccccc2[N+](=O)[O-])c1=O. The molecule has 0 unspecified atom stereocenters. The van der Waals surface area contributed by atoms with E-state index in [1.54, 1.807) is 12.1 Å². The number of nitro benzene ring substituents is 1. The summed E-state index contributed by atoms with van der Waals surface area (Å²) in [6.45, 7) is 0.0272. The molecule has 0 fully saturated rings. The zero-order valence-electron chi connectivity index (χ0n) is 15.0. The van der Waals surface area contributed by atoms with Gasteiger partial charge in [-0.2, -0.15) is 5.10 Å². The van der Waals surface area contributed by atoms with Gasteiger partial charge in [0, 0.05) is 11.6 Å². The molecule has 0 aliphatic carbocycles. The Morgan fingerprint density at radius 1 is 1.31 bits per heavy atom. The predicted octanol–water partition coefficient (Wildman–Crippen LogP) is 1.92. The van der Waals surface area contributed by atoms with Gasteiger partial charge in [-0.15, -0.1) is 0 Å². The molecule has 0 radical (unpaired) electrons. The first-order valence-corrected chi connectivity index (χ1v) is 8.33. The number of rotatable bonds is 5. The van der Waals surface area contributed by atoms with Gasteiger partial charge in [0.15, 0.2) is 5.65 Å². The smallest absolute Gasteiger partial charge is 0.374 e. The van der Waals surface area contributed by atoms with E-state index in [0.29, 0.717) is 5.56 Å². The molecule has 4 aromatic rings. The summed E-state index contributed by atoms with van der Waals surface area (Å²) in [5.74, 6) is -0.661. The Hall–Kier alpha value is -4.28. The molecular formula is C18H13N5O6. The first kappa shape index (κ1) is 18.1. The highest BCUT2D eigenvalue weighted by Gasteiger charge is 2.20. The number of para-hydroxylation sites is 2. The van der Waals surface area contributed by atoms with Crippen molar-refractivity contribution in [1.29, 1.82) is 0 Å². The molecule has 0 aliphatic rings. The van der Waals surface area contributed by atoms with Gasteiger partial charge in [-0.1, -0.05) is 12.1 Å². The molecule has 0 saturated heterocycles. The van der Waals surface area contributed by atoms with Gasteiger partial charge < -0.3 is 9.15 Å². The third-order valence-corrected chi connectivity index (χ3v) is 4.32. The van der Waals surface area contributed by atoms with E-state index in [0.717, 1.165) is 0 Å². The van der Waals surface area contributed by atoms with Gasteiger partial charge in [-0.25, -0.2) is 14.5 Å². The topological polar surface area (TPSA) is 135 Å². The Labute approximate surface area is 161 Å². The number of furan rings is 1. The molecule has 0 amide bonds. The van der Waals surface area contributed by atoms with Crippen molar-refractivity contribution in [3.63, 3.8) is 0 Å².